The van der Waals surface area contributed by atoms with Gasteiger partial charge in [0.1, 0.15) is 0 Å². The third-order valence-corrected chi connectivity index (χ3v) is 4.55. The number of nitrogens with zero attached hydrogens (tertiary/aromatic N) is 1. The van der Waals surface area contributed by atoms with Crippen molar-refractivity contribution < 1.29 is 8.42 Å². The normalized spacial score (nSPS) is 13.6. The fourth-order valence-corrected chi connectivity index (χ4v) is 3.57. The minimum absolute atomic E-state index is 0.130. The Kier molecular flexibility index (Phi) is 5.35. The highest BCUT2D eigenvalue weighted by atomic mass is 32.2. The van der Waals surface area contributed by atoms with Gasteiger partial charge in [-0.05, 0) is 19.9 Å². The maximum absolute atomic E-state index is 11.5. The summed E-state index contributed by atoms with van der Waals surface area (Å²) in [5, 5.41) is 5.54. The number of sulfonamides is 1. The second-order valence-electron chi connectivity index (χ2n) is 3.78. The second-order valence-corrected chi connectivity index (χ2v) is 6.48. The molecule has 5 nitrogen and oxygen atoms in total. The molecule has 1 atom stereocenters. The molecule has 98 valence electrons. The molecular weight excluding hydrogens is 258 g/mol. The van der Waals surface area contributed by atoms with Crippen LogP contribution in [-0.4, -0.2) is 25.7 Å². The van der Waals surface area contributed by atoms with Gasteiger partial charge in [-0.15, -0.1) is 11.3 Å². The quantitative estimate of drug-likeness (QED) is 0.799. The molecule has 1 unspecified atom stereocenters. The van der Waals surface area contributed by atoms with Crippen molar-refractivity contribution in [2.45, 2.75) is 33.2 Å². The van der Waals surface area contributed by atoms with Gasteiger partial charge in [0.05, 0.1) is 11.4 Å². The molecule has 0 saturated carbocycles. The van der Waals surface area contributed by atoms with Crippen molar-refractivity contribution in [3.63, 3.8) is 0 Å². The molecule has 1 rings (SSSR count). The Balaban J connectivity index is 2.69. The van der Waals surface area contributed by atoms with E-state index >= 15 is 0 Å². The van der Waals surface area contributed by atoms with E-state index < -0.39 is 10.0 Å². The molecule has 0 amide bonds. The zero-order valence-electron chi connectivity index (χ0n) is 10.4. The maximum Gasteiger partial charge on any atom is 0.234 e. The van der Waals surface area contributed by atoms with Crippen LogP contribution in [0.15, 0.2) is 5.38 Å². The third kappa shape index (κ3) is 4.61. The van der Waals surface area contributed by atoms with Gasteiger partial charge in [-0.1, -0.05) is 13.8 Å². The Morgan fingerprint density at radius 1 is 1.47 bits per heavy atom. The van der Waals surface area contributed by atoms with Gasteiger partial charge < -0.3 is 5.32 Å². The number of rotatable bonds is 7. The summed E-state index contributed by atoms with van der Waals surface area (Å²) in [4.78, 5) is 4.26. The van der Waals surface area contributed by atoms with Crippen LogP contribution < -0.4 is 10.0 Å². The van der Waals surface area contributed by atoms with Crippen molar-refractivity contribution >= 4 is 26.5 Å². The molecule has 0 bridgehead atoms. The molecule has 17 heavy (non-hydrogen) atoms. The molecular formula is C10H19N3O2S2. The molecule has 0 aliphatic heterocycles. The summed E-state index contributed by atoms with van der Waals surface area (Å²) < 4.78 is 25.6. The zero-order chi connectivity index (χ0) is 12.9. The first kappa shape index (κ1) is 14.4. The van der Waals surface area contributed by atoms with Crippen LogP contribution in [0.1, 0.15) is 38.9 Å². The van der Waals surface area contributed by atoms with Crippen LogP contribution in [0.3, 0.4) is 0 Å². The number of thiazole rings is 1. The van der Waals surface area contributed by atoms with E-state index in [1.165, 1.54) is 11.3 Å². The predicted octanol–water partition coefficient (Wildman–Crippen LogP) is 1.97. The van der Waals surface area contributed by atoms with Crippen LogP contribution in [0.25, 0.3) is 0 Å². The van der Waals surface area contributed by atoms with E-state index in [1.54, 1.807) is 0 Å². The zero-order valence-corrected chi connectivity index (χ0v) is 12.0. The topological polar surface area (TPSA) is 71.1 Å². The molecule has 0 saturated heterocycles. The summed E-state index contributed by atoms with van der Waals surface area (Å²) in [7, 11) is -3.23. The summed E-state index contributed by atoms with van der Waals surface area (Å²) in [6.07, 6.45) is 0.599. The van der Waals surface area contributed by atoms with Crippen LogP contribution >= 0.6 is 11.3 Å². The fraction of sp³-hybridized carbons (Fsp3) is 0.700. The number of anilines is 1. The average molecular weight is 277 g/mol. The molecule has 7 heteroatoms. The van der Waals surface area contributed by atoms with E-state index in [2.05, 4.69) is 15.0 Å². The highest BCUT2D eigenvalue weighted by Gasteiger charge is 2.13. The highest BCUT2D eigenvalue weighted by molar-refractivity contribution is 7.92. The second kappa shape index (κ2) is 6.32. The Hall–Kier alpha value is -0.660. The van der Waals surface area contributed by atoms with E-state index in [-0.39, 0.29) is 11.8 Å². The fourth-order valence-electron chi connectivity index (χ4n) is 1.40. The summed E-state index contributed by atoms with van der Waals surface area (Å²) in [6.45, 7) is 6.71. The smallest absolute Gasteiger partial charge is 0.234 e. The minimum Gasteiger partial charge on any atom is -0.309 e. The SMILES string of the molecule is CCCS(=O)(=O)Nc1nc(C(C)NCC)cs1. The molecule has 1 aromatic rings. The molecule has 0 fully saturated rings. The van der Waals surface area contributed by atoms with E-state index in [0.29, 0.717) is 11.6 Å². The van der Waals surface area contributed by atoms with Crippen molar-refractivity contribution in [1.82, 2.24) is 10.3 Å². The summed E-state index contributed by atoms with van der Waals surface area (Å²) in [6, 6.07) is 0.140. The summed E-state index contributed by atoms with van der Waals surface area (Å²) in [5.74, 6) is 0.130. The molecule has 0 aromatic carbocycles. The van der Waals surface area contributed by atoms with Crippen molar-refractivity contribution in [2.75, 3.05) is 17.0 Å². The van der Waals surface area contributed by atoms with Gasteiger partial charge in [0.15, 0.2) is 5.13 Å². The van der Waals surface area contributed by atoms with Gasteiger partial charge in [0.25, 0.3) is 0 Å². The number of nitrogens with one attached hydrogen (secondary N) is 2. The van der Waals surface area contributed by atoms with E-state index in [4.69, 9.17) is 0 Å². The molecule has 0 aliphatic rings. The Morgan fingerprint density at radius 2 is 2.18 bits per heavy atom. The van der Waals surface area contributed by atoms with Gasteiger partial charge in [0, 0.05) is 11.4 Å². The van der Waals surface area contributed by atoms with E-state index in [1.807, 2.05) is 26.2 Å². The van der Waals surface area contributed by atoms with Gasteiger partial charge in [0.2, 0.25) is 10.0 Å². The van der Waals surface area contributed by atoms with E-state index in [0.717, 1.165) is 12.2 Å². The minimum atomic E-state index is -3.23. The average Bonchev–Trinajstić information content (AvgIpc) is 2.65. The maximum atomic E-state index is 11.5. The van der Waals surface area contributed by atoms with Crippen LogP contribution in [-0.2, 0) is 10.0 Å². The summed E-state index contributed by atoms with van der Waals surface area (Å²) >= 11 is 1.32. The first-order valence-corrected chi connectivity index (χ1v) is 8.21. The first-order valence-electron chi connectivity index (χ1n) is 5.67. The van der Waals surface area contributed by atoms with Crippen LogP contribution in [0.4, 0.5) is 5.13 Å². The van der Waals surface area contributed by atoms with Crippen molar-refractivity contribution in [3.8, 4) is 0 Å². The van der Waals surface area contributed by atoms with Gasteiger partial charge >= 0.3 is 0 Å². The van der Waals surface area contributed by atoms with Crippen molar-refractivity contribution in [2.24, 2.45) is 0 Å². The van der Waals surface area contributed by atoms with Crippen LogP contribution in [0.2, 0.25) is 0 Å². The standard InChI is InChI=1S/C10H19N3O2S2/c1-4-6-17(14,15)13-10-12-9(7-16-10)8(3)11-5-2/h7-8,11H,4-6H2,1-3H3,(H,12,13). The number of hydrogen-bond acceptors (Lipinski definition) is 5. The van der Waals surface area contributed by atoms with Gasteiger partial charge in [-0.2, -0.15) is 0 Å². The number of aromatic nitrogens is 1. The first-order chi connectivity index (χ1) is 7.98. The lowest BCUT2D eigenvalue weighted by atomic mass is 10.3. The third-order valence-electron chi connectivity index (χ3n) is 2.19. The highest BCUT2D eigenvalue weighted by Crippen LogP contribution is 2.21. The molecule has 0 spiro atoms. The molecule has 0 radical (unpaired) electrons. The van der Waals surface area contributed by atoms with E-state index in [9.17, 15) is 8.42 Å². The Labute approximate surface area is 107 Å². The van der Waals surface area contributed by atoms with Gasteiger partial charge in [-0.25, -0.2) is 13.4 Å². The number of hydrogen-bond donors (Lipinski definition) is 2. The molecule has 1 aromatic heterocycles. The van der Waals surface area contributed by atoms with Gasteiger partial charge in [-0.3, -0.25) is 4.72 Å². The van der Waals surface area contributed by atoms with Crippen LogP contribution in [0, 0.1) is 0 Å². The lowest BCUT2D eigenvalue weighted by Gasteiger charge is -2.08. The van der Waals surface area contributed by atoms with Crippen LogP contribution in [0.5, 0.6) is 0 Å². The predicted molar refractivity (Wildman–Crippen MR) is 71.9 cm³/mol. The molecule has 0 aliphatic carbocycles. The largest absolute Gasteiger partial charge is 0.309 e. The molecule has 1 heterocycles. The monoisotopic (exact) mass is 277 g/mol. The Bertz CT molecular complexity index is 442. The Morgan fingerprint density at radius 3 is 2.76 bits per heavy atom. The lowest BCUT2D eigenvalue weighted by molar-refractivity contribution is 0.586. The van der Waals surface area contributed by atoms with Crippen molar-refractivity contribution in [1.29, 1.82) is 0 Å². The van der Waals surface area contributed by atoms with Crippen molar-refractivity contribution in [3.05, 3.63) is 11.1 Å². The molecule has 2 N–H and O–H groups in total. The lowest BCUT2D eigenvalue weighted by Crippen LogP contribution is -2.19. The summed E-state index contributed by atoms with van der Waals surface area (Å²) in [5.41, 5.74) is 0.867.